The highest BCUT2D eigenvalue weighted by Gasteiger charge is 2.16. The molecule has 0 saturated heterocycles. The van der Waals surface area contributed by atoms with Gasteiger partial charge in [0.25, 0.3) is 5.91 Å². The second-order valence-electron chi connectivity index (χ2n) is 6.19. The minimum Gasteiger partial charge on any atom is -0.332 e. The molecule has 0 atom stereocenters. The van der Waals surface area contributed by atoms with Gasteiger partial charge in [-0.1, -0.05) is 0 Å². The molecular formula is C20H20N4O3. The van der Waals surface area contributed by atoms with E-state index in [1.54, 1.807) is 41.0 Å². The molecule has 3 rings (SSSR count). The van der Waals surface area contributed by atoms with Crippen molar-refractivity contribution in [3.8, 4) is 0 Å². The number of hydrogen-bond acceptors (Lipinski definition) is 4. The van der Waals surface area contributed by atoms with Crippen molar-refractivity contribution < 1.29 is 9.59 Å². The molecule has 0 spiro atoms. The maximum atomic E-state index is 12.8. The fourth-order valence-electron chi connectivity index (χ4n) is 2.80. The highest BCUT2D eigenvalue weighted by molar-refractivity contribution is 6.05. The molecule has 0 radical (unpaired) electrons. The van der Waals surface area contributed by atoms with Crippen LogP contribution in [-0.2, 0) is 11.3 Å². The van der Waals surface area contributed by atoms with Crippen molar-refractivity contribution in [1.82, 2.24) is 9.55 Å². The van der Waals surface area contributed by atoms with Crippen LogP contribution in [0.2, 0.25) is 0 Å². The number of amides is 2. The number of aromatic nitrogens is 2. The molecule has 27 heavy (non-hydrogen) atoms. The average Bonchev–Trinajstić information content (AvgIpc) is 2.63. The molecule has 138 valence electrons. The van der Waals surface area contributed by atoms with Crippen LogP contribution in [0, 0.1) is 6.92 Å². The number of nitrogens with zero attached hydrogens (tertiary/aromatic N) is 2. The molecule has 7 nitrogen and oxygen atoms in total. The SMILES string of the molecule is CCn1cc(C(=O)Nc2ccc(NC(C)=O)cc2)c(=O)c2ccc(C)nc21. The van der Waals surface area contributed by atoms with Gasteiger partial charge in [0, 0.05) is 36.7 Å². The van der Waals surface area contributed by atoms with Gasteiger partial charge < -0.3 is 15.2 Å². The van der Waals surface area contributed by atoms with E-state index < -0.39 is 5.91 Å². The van der Waals surface area contributed by atoms with Crippen LogP contribution in [-0.4, -0.2) is 21.4 Å². The smallest absolute Gasteiger partial charge is 0.261 e. The lowest BCUT2D eigenvalue weighted by Gasteiger charge is -2.12. The van der Waals surface area contributed by atoms with Crippen LogP contribution in [0.25, 0.3) is 11.0 Å². The van der Waals surface area contributed by atoms with Crippen molar-refractivity contribution in [1.29, 1.82) is 0 Å². The molecule has 2 heterocycles. The molecule has 0 aliphatic carbocycles. The Kier molecular flexibility index (Phi) is 5.03. The van der Waals surface area contributed by atoms with Gasteiger partial charge in [0.05, 0.1) is 5.39 Å². The Bertz CT molecular complexity index is 1080. The number of carbonyl (C=O) groups is 2. The molecule has 0 bridgehead atoms. The van der Waals surface area contributed by atoms with Gasteiger partial charge in [0.2, 0.25) is 11.3 Å². The summed E-state index contributed by atoms with van der Waals surface area (Å²) in [6.45, 7) is 5.79. The maximum Gasteiger partial charge on any atom is 0.261 e. The quantitative estimate of drug-likeness (QED) is 0.744. The van der Waals surface area contributed by atoms with Crippen LogP contribution in [0.15, 0.2) is 47.4 Å². The Hall–Kier alpha value is -3.48. The van der Waals surface area contributed by atoms with E-state index in [1.165, 1.54) is 13.1 Å². The van der Waals surface area contributed by atoms with Crippen LogP contribution in [0.5, 0.6) is 0 Å². The molecule has 2 N–H and O–H groups in total. The second-order valence-corrected chi connectivity index (χ2v) is 6.19. The number of nitrogens with one attached hydrogen (secondary N) is 2. The Morgan fingerprint density at radius 1 is 1.04 bits per heavy atom. The molecule has 3 aromatic rings. The maximum absolute atomic E-state index is 12.8. The predicted molar refractivity (Wildman–Crippen MR) is 105 cm³/mol. The normalized spacial score (nSPS) is 10.6. The molecule has 0 aliphatic rings. The zero-order valence-electron chi connectivity index (χ0n) is 15.4. The molecule has 0 aliphatic heterocycles. The summed E-state index contributed by atoms with van der Waals surface area (Å²) < 4.78 is 1.79. The first-order valence-corrected chi connectivity index (χ1v) is 8.59. The van der Waals surface area contributed by atoms with E-state index >= 15 is 0 Å². The summed E-state index contributed by atoms with van der Waals surface area (Å²) in [5.41, 5.74) is 2.23. The number of anilines is 2. The average molecular weight is 364 g/mol. The molecule has 1 aromatic carbocycles. The number of rotatable bonds is 4. The third kappa shape index (κ3) is 3.87. The summed E-state index contributed by atoms with van der Waals surface area (Å²) in [4.78, 5) is 40.9. The van der Waals surface area contributed by atoms with E-state index in [-0.39, 0.29) is 16.9 Å². The number of pyridine rings is 2. The lowest BCUT2D eigenvalue weighted by molar-refractivity contribution is -0.114. The molecule has 0 saturated carbocycles. The monoisotopic (exact) mass is 364 g/mol. The van der Waals surface area contributed by atoms with Crippen LogP contribution in [0.1, 0.15) is 29.9 Å². The second kappa shape index (κ2) is 7.41. The first-order chi connectivity index (χ1) is 12.9. The lowest BCUT2D eigenvalue weighted by Crippen LogP contribution is -2.24. The Morgan fingerprint density at radius 3 is 2.26 bits per heavy atom. The highest BCUT2D eigenvalue weighted by Crippen LogP contribution is 2.15. The minimum atomic E-state index is -0.489. The van der Waals surface area contributed by atoms with E-state index in [1.807, 2.05) is 13.8 Å². The Labute approximate surface area is 156 Å². The van der Waals surface area contributed by atoms with Crippen molar-refractivity contribution in [2.24, 2.45) is 0 Å². The summed E-state index contributed by atoms with van der Waals surface area (Å²) in [6, 6.07) is 10.1. The zero-order chi connectivity index (χ0) is 19.6. The Balaban J connectivity index is 1.94. The van der Waals surface area contributed by atoms with Crippen LogP contribution in [0.3, 0.4) is 0 Å². The van der Waals surface area contributed by atoms with E-state index in [0.717, 1.165) is 5.69 Å². The van der Waals surface area contributed by atoms with Gasteiger partial charge in [-0.15, -0.1) is 0 Å². The van der Waals surface area contributed by atoms with E-state index in [2.05, 4.69) is 15.6 Å². The van der Waals surface area contributed by atoms with Crippen molar-refractivity contribution in [3.05, 3.63) is 64.1 Å². The van der Waals surface area contributed by atoms with Gasteiger partial charge in [-0.25, -0.2) is 4.98 Å². The molecule has 7 heteroatoms. The summed E-state index contributed by atoms with van der Waals surface area (Å²) in [5, 5.41) is 5.79. The van der Waals surface area contributed by atoms with Gasteiger partial charge in [-0.3, -0.25) is 14.4 Å². The minimum absolute atomic E-state index is 0.0564. The standard InChI is InChI=1S/C20H20N4O3/c1-4-24-11-17(18(26)16-10-5-12(2)21-19(16)24)20(27)23-15-8-6-14(7-9-15)22-13(3)25/h5-11H,4H2,1-3H3,(H,22,25)(H,23,27). The van der Waals surface area contributed by atoms with E-state index in [9.17, 15) is 14.4 Å². The van der Waals surface area contributed by atoms with Crippen molar-refractivity contribution in [3.63, 3.8) is 0 Å². The largest absolute Gasteiger partial charge is 0.332 e. The highest BCUT2D eigenvalue weighted by atomic mass is 16.2. The van der Waals surface area contributed by atoms with Gasteiger partial charge in [0.1, 0.15) is 11.2 Å². The zero-order valence-corrected chi connectivity index (χ0v) is 15.4. The summed E-state index contributed by atoms with van der Waals surface area (Å²) in [7, 11) is 0. The molecule has 2 amide bonds. The van der Waals surface area contributed by atoms with Gasteiger partial charge in [-0.2, -0.15) is 0 Å². The van der Waals surface area contributed by atoms with Crippen LogP contribution in [0.4, 0.5) is 11.4 Å². The van der Waals surface area contributed by atoms with Crippen molar-refractivity contribution >= 4 is 34.2 Å². The molecule has 0 fully saturated rings. The number of carbonyl (C=O) groups excluding carboxylic acids is 2. The van der Waals surface area contributed by atoms with Gasteiger partial charge in [-0.05, 0) is 50.2 Å². The number of aryl methyl sites for hydroxylation is 2. The number of hydrogen-bond donors (Lipinski definition) is 2. The molecular weight excluding hydrogens is 344 g/mol. The number of fused-ring (bicyclic) bond motifs is 1. The third-order valence-electron chi connectivity index (χ3n) is 4.11. The van der Waals surface area contributed by atoms with E-state index in [4.69, 9.17) is 0 Å². The topological polar surface area (TPSA) is 93.1 Å². The molecule has 0 unspecified atom stereocenters. The fourth-order valence-corrected chi connectivity index (χ4v) is 2.80. The third-order valence-corrected chi connectivity index (χ3v) is 4.11. The fraction of sp³-hybridized carbons (Fsp3) is 0.200. The molecule has 2 aromatic heterocycles. The first kappa shape index (κ1) is 18.3. The number of benzene rings is 1. The van der Waals surface area contributed by atoms with Crippen molar-refractivity contribution in [2.75, 3.05) is 10.6 Å². The van der Waals surface area contributed by atoms with Crippen LogP contribution < -0.4 is 16.1 Å². The summed E-state index contributed by atoms with van der Waals surface area (Å²) >= 11 is 0. The first-order valence-electron chi connectivity index (χ1n) is 8.59. The Morgan fingerprint density at radius 2 is 1.67 bits per heavy atom. The summed E-state index contributed by atoms with van der Waals surface area (Å²) in [5.74, 6) is -0.663. The predicted octanol–water partition coefficient (Wildman–Crippen LogP) is 2.94. The van der Waals surface area contributed by atoms with E-state index in [0.29, 0.717) is 29.0 Å². The summed E-state index contributed by atoms with van der Waals surface area (Å²) in [6.07, 6.45) is 1.54. The van der Waals surface area contributed by atoms with Crippen LogP contribution >= 0.6 is 0 Å². The van der Waals surface area contributed by atoms with Gasteiger partial charge >= 0.3 is 0 Å². The van der Waals surface area contributed by atoms with Crippen molar-refractivity contribution in [2.45, 2.75) is 27.3 Å². The van der Waals surface area contributed by atoms with Gasteiger partial charge in [0.15, 0.2) is 0 Å². The lowest BCUT2D eigenvalue weighted by atomic mass is 10.1.